The standard InChI is InChI=1S/C18H28N2O.ClH/c1-13(2)16(14-7-5-4-6-8-14)11-17(21)20-18(3,12-19)15-9-10-15;/h4-8,13,15-16H,9-12,19H2,1-3H3,(H,20,21);1H. The maximum atomic E-state index is 12.5. The molecule has 0 aromatic heterocycles. The van der Waals surface area contributed by atoms with Crippen molar-refractivity contribution < 1.29 is 4.79 Å². The first-order valence-electron chi connectivity index (χ1n) is 8.02. The number of hydrogen-bond acceptors (Lipinski definition) is 2. The van der Waals surface area contributed by atoms with Crippen LogP contribution in [-0.4, -0.2) is 18.0 Å². The summed E-state index contributed by atoms with van der Waals surface area (Å²) in [5.74, 6) is 1.37. The number of carbonyl (C=O) groups excluding carboxylic acids is 1. The van der Waals surface area contributed by atoms with E-state index in [-0.39, 0.29) is 29.8 Å². The van der Waals surface area contributed by atoms with Gasteiger partial charge in [0.15, 0.2) is 0 Å². The van der Waals surface area contributed by atoms with Crippen LogP contribution in [0.3, 0.4) is 0 Å². The van der Waals surface area contributed by atoms with Gasteiger partial charge in [0.25, 0.3) is 0 Å². The lowest BCUT2D eigenvalue weighted by Crippen LogP contribution is -2.53. The molecule has 0 radical (unpaired) electrons. The van der Waals surface area contributed by atoms with Crippen molar-refractivity contribution in [1.29, 1.82) is 0 Å². The van der Waals surface area contributed by atoms with Crippen molar-refractivity contribution in [3.8, 4) is 0 Å². The van der Waals surface area contributed by atoms with E-state index in [1.54, 1.807) is 0 Å². The number of benzene rings is 1. The Morgan fingerprint density at radius 1 is 1.32 bits per heavy atom. The van der Waals surface area contributed by atoms with Crippen LogP contribution in [0.1, 0.15) is 51.5 Å². The summed E-state index contributed by atoms with van der Waals surface area (Å²) in [5.41, 5.74) is 6.90. The normalized spacial score (nSPS) is 18.2. The molecule has 2 rings (SSSR count). The molecule has 0 saturated heterocycles. The largest absolute Gasteiger partial charge is 0.349 e. The second kappa shape index (κ2) is 7.98. The van der Waals surface area contributed by atoms with Crippen molar-refractivity contribution in [1.82, 2.24) is 5.32 Å². The number of hydrogen-bond donors (Lipinski definition) is 2. The third kappa shape index (κ3) is 4.72. The van der Waals surface area contributed by atoms with Crippen molar-refractivity contribution in [2.45, 2.75) is 51.5 Å². The van der Waals surface area contributed by atoms with Crippen LogP contribution in [-0.2, 0) is 4.79 Å². The monoisotopic (exact) mass is 324 g/mol. The first-order chi connectivity index (χ1) is 9.96. The molecule has 2 unspecified atom stereocenters. The van der Waals surface area contributed by atoms with E-state index >= 15 is 0 Å². The molecular weight excluding hydrogens is 296 g/mol. The van der Waals surface area contributed by atoms with Gasteiger partial charge in [-0.2, -0.15) is 0 Å². The number of rotatable bonds is 7. The van der Waals surface area contributed by atoms with Gasteiger partial charge < -0.3 is 11.1 Å². The molecule has 3 N–H and O–H groups in total. The highest BCUT2D eigenvalue weighted by atomic mass is 35.5. The molecule has 4 heteroatoms. The summed E-state index contributed by atoms with van der Waals surface area (Å²) >= 11 is 0. The molecule has 0 spiro atoms. The summed E-state index contributed by atoms with van der Waals surface area (Å²) in [4.78, 5) is 12.5. The number of amides is 1. The van der Waals surface area contributed by atoms with Crippen molar-refractivity contribution in [2.75, 3.05) is 6.54 Å². The fourth-order valence-electron chi connectivity index (χ4n) is 3.05. The minimum Gasteiger partial charge on any atom is -0.349 e. The number of halogens is 1. The Morgan fingerprint density at radius 3 is 2.36 bits per heavy atom. The Labute approximate surface area is 140 Å². The molecule has 1 amide bonds. The Morgan fingerprint density at radius 2 is 1.91 bits per heavy atom. The Bertz CT molecular complexity index is 473. The average Bonchev–Trinajstić information content (AvgIpc) is 3.30. The summed E-state index contributed by atoms with van der Waals surface area (Å²) in [6, 6.07) is 10.3. The van der Waals surface area contributed by atoms with Crippen LogP contribution in [0.5, 0.6) is 0 Å². The van der Waals surface area contributed by atoms with E-state index in [1.165, 1.54) is 18.4 Å². The van der Waals surface area contributed by atoms with E-state index in [9.17, 15) is 4.79 Å². The summed E-state index contributed by atoms with van der Waals surface area (Å²) in [6.07, 6.45) is 2.89. The number of nitrogens with two attached hydrogens (primary N) is 1. The lowest BCUT2D eigenvalue weighted by atomic mass is 9.85. The summed E-state index contributed by atoms with van der Waals surface area (Å²) in [6.45, 7) is 6.94. The Balaban J connectivity index is 0.00000242. The van der Waals surface area contributed by atoms with Gasteiger partial charge in [-0.25, -0.2) is 0 Å². The Hall–Kier alpha value is -1.06. The lowest BCUT2D eigenvalue weighted by Gasteiger charge is -2.31. The molecular formula is C18H29ClN2O. The van der Waals surface area contributed by atoms with Crippen LogP contribution in [0.2, 0.25) is 0 Å². The van der Waals surface area contributed by atoms with Crippen molar-refractivity contribution >= 4 is 18.3 Å². The van der Waals surface area contributed by atoms with Crippen LogP contribution in [0.4, 0.5) is 0 Å². The molecule has 1 aromatic carbocycles. The van der Waals surface area contributed by atoms with E-state index < -0.39 is 0 Å². The lowest BCUT2D eigenvalue weighted by molar-refractivity contribution is -0.123. The summed E-state index contributed by atoms with van der Waals surface area (Å²) < 4.78 is 0. The molecule has 124 valence electrons. The van der Waals surface area contributed by atoms with Crippen LogP contribution in [0.25, 0.3) is 0 Å². The molecule has 1 aliphatic carbocycles. The third-order valence-corrected chi connectivity index (χ3v) is 4.77. The van der Waals surface area contributed by atoms with Gasteiger partial charge in [0.1, 0.15) is 0 Å². The SMILES string of the molecule is CC(C)C(CC(=O)NC(C)(CN)C1CC1)c1ccccc1.Cl. The molecule has 22 heavy (non-hydrogen) atoms. The zero-order valence-electron chi connectivity index (χ0n) is 13.8. The highest BCUT2D eigenvalue weighted by Crippen LogP contribution is 2.39. The van der Waals surface area contributed by atoms with Crippen LogP contribution in [0, 0.1) is 11.8 Å². The molecule has 0 bridgehead atoms. The number of nitrogens with one attached hydrogen (secondary N) is 1. The summed E-state index contributed by atoms with van der Waals surface area (Å²) in [7, 11) is 0. The van der Waals surface area contributed by atoms with E-state index in [4.69, 9.17) is 5.73 Å². The maximum Gasteiger partial charge on any atom is 0.221 e. The van der Waals surface area contributed by atoms with Gasteiger partial charge in [-0.3, -0.25) is 4.79 Å². The number of carbonyl (C=O) groups is 1. The zero-order chi connectivity index (χ0) is 15.5. The van der Waals surface area contributed by atoms with Gasteiger partial charge in [-0.05, 0) is 43.1 Å². The molecule has 3 nitrogen and oxygen atoms in total. The minimum atomic E-state index is -0.227. The average molecular weight is 325 g/mol. The molecule has 1 aliphatic rings. The van der Waals surface area contributed by atoms with Crippen LogP contribution in [0.15, 0.2) is 30.3 Å². The van der Waals surface area contributed by atoms with Gasteiger partial charge in [0.2, 0.25) is 5.91 Å². The minimum absolute atomic E-state index is 0. The molecule has 0 heterocycles. The zero-order valence-corrected chi connectivity index (χ0v) is 14.7. The highest BCUT2D eigenvalue weighted by molar-refractivity contribution is 5.85. The van der Waals surface area contributed by atoms with E-state index in [0.29, 0.717) is 24.8 Å². The van der Waals surface area contributed by atoms with Gasteiger partial charge in [-0.1, -0.05) is 44.2 Å². The topological polar surface area (TPSA) is 55.1 Å². The van der Waals surface area contributed by atoms with Gasteiger partial charge in [0.05, 0.1) is 5.54 Å². The van der Waals surface area contributed by atoms with Gasteiger partial charge >= 0.3 is 0 Å². The van der Waals surface area contributed by atoms with Gasteiger partial charge in [-0.15, -0.1) is 12.4 Å². The van der Waals surface area contributed by atoms with E-state index in [2.05, 4.69) is 38.2 Å². The fraction of sp³-hybridized carbons (Fsp3) is 0.611. The molecule has 1 aromatic rings. The second-order valence-electron chi connectivity index (χ2n) is 6.91. The van der Waals surface area contributed by atoms with Crippen LogP contribution >= 0.6 is 12.4 Å². The van der Waals surface area contributed by atoms with Gasteiger partial charge in [0, 0.05) is 13.0 Å². The van der Waals surface area contributed by atoms with Crippen LogP contribution < -0.4 is 11.1 Å². The molecule has 0 aliphatic heterocycles. The van der Waals surface area contributed by atoms with E-state index in [0.717, 1.165) is 0 Å². The Kier molecular flexibility index (Phi) is 6.89. The predicted molar refractivity (Wildman–Crippen MR) is 94.2 cm³/mol. The van der Waals surface area contributed by atoms with E-state index in [1.807, 2.05) is 18.2 Å². The smallest absolute Gasteiger partial charge is 0.221 e. The van der Waals surface area contributed by atoms with Crippen molar-refractivity contribution in [3.63, 3.8) is 0 Å². The predicted octanol–water partition coefficient (Wildman–Crippen LogP) is 3.48. The van der Waals surface area contributed by atoms with Crippen molar-refractivity contribution in [3.05, 3.63) is 35.9 Å². The summed E-state index contributed by atoms with van der Waals surface area (Å²) in [5, 5.41) is 3.20. The van der Waals surface area contributed by atoms with Crippen molar-refractivity contribution in [2.24, 2.45) is 17.6 Å². The first-order valence-corrected chi connectivity index (χ1v) is 8.02. The molecule has 1 fully saturated rings. The first kappa shape index (κ1) is 19.0. The molecule has 2 atom stereocenters. The highest BCUT2D eigenvalue weighted by Gasteiger charge is 2.41. The maximum absolute atomic E-state index is 12.5. The fourth-order valence-corrected chi connectivity index (χ4v) is 3.05. The molecule has 1 saturated carbocycles. The second-order valence-corrected chi connectivity index (χ2v) is 6.91. The third-order valence-electron chi connectivity index (χ3n) is 4.77. The quantitative estimate of drug-likeness (QED) is 0.806.